The van der Waals surface area contributed by atoms with Crippen molar-refractivity contribution in [3.63, 3.8) is 0 Å². The Bertz CT molecular complexity index is 82.2. The molecule has 1 nitrogen and oxygen atoms in total. The largest absolute Gasteiger partial charge is 0.283 e. The highest BCUT2D eigenvalue weighted by molar-refractivity contribution is 8.10. The summed E-state index contributed by atoms with van der Waals surface area (Å²) in [6, 6.07) is 0. The maximum Gasteiger partial charge on any atom is 0.229 e. The predicted molar refractivity (Wildman–Crippen MR) is 39.6 cm³/mol. The van der Waals surface area contributed by atoms with Crippen molar-refractivity contribution in [1.29, 1.82) is 0 Å². The maximum atomic E-state index is 4.77. The Kier molecular flexibility index (Phi) is 2.23. The number of rotatable bonds is 0. The van der Waals surface area contributed by atoms with Crippen molar-refractivity contribution < 1.29 is 4.48 Å². The van der Waals surface area contributed by atoms with Gasteiger partial charge in [-0.05, 0) is 12.2 Å². The van der Waals surface area contributed by atoms with Crippen LogP contribution in [0.5, 0.6) is 0 Å². The van der Waals surface area contributed by atoms with Crippen LogP contribution in [0.2, 0.25) is 0 Å². The van der Waals surface area contributed by atoms with Gasteiger partial charge in [-0.1, -0.05) is 12.6 Å². The van der Waals surface area contributed by atoms with E-state index in [9.17, 15) is 0 Å². The normalized spacial score (nSPS) is 11.4. The number of hydrogen-bond acceptors (Lipinski definition) is 1. The second-order valence-corrected chi connectivity index (χ2v) is 3.41. The first kappa shape index (κ1) is 7.40. The van der Waals surface area contributed by atoms with Crippen molar-refractivity contribution in [2.45, 2.75) is 0 Å². The third-order valence-electron chi connectivity index (χ3n) is 0.574. The molecular formula is C4H10NS2+. The SMILES string of the molecule is C[N+](C)(C)C(=S)S. The number of thiocarbonyl (C=S) groups is 1. The monoisotopic (exact) mass is 136 g/mol. The average molecular weight is 136 g/mol. The Morgan fingerprint density at radius 2 is 1.57 bits per heavy atom. The molecule has 0 saturated heterocycles. The molecule has 0 rings (SSSR count). The fourth-order valence-electron chi connectivity index (χ4n) is 0. The van der Waals surface area contributed by atoms with Crippen LogP contribution in [-0.4, -0.2) is 29.9 Å². The molecule has 0 amide bonds. The topological polar surface area (TPSA) is 0 Å². The lowest BCUT2D eigenvalue weighted by Gasteiger charge is -2.19. The van der Waals surface area contributed by atoms with Crippen LogP contribution in [-0.2, 0) is 0 Å². The van der Waals surface area contributed by atoms with Crippen LogP contribution in [0.15, 0.2) is 0 Å². The average Bonchev–Trinajstić information content (AvgIpc) is 1.31. The molecule has 0 bridgehead atoms. The van der Waals surface area contributed by atoms with Gasteiger partial charge in [0.25, 0.3) is 0 Å². The first-order valence-electron chi connectivity index (χ1n) is 1.99. The Morgan fingerprint density at radius 3 is 1.57 bits per heavy atom. The van der Waals surface area contributed by atoms with Gasteiger partial charge in [-0.3, -0.25) is 4.48 Å². The molecule has 0 aliphatic rings. The molecule has 0 aromatic carbocycles. The second-order valence-electron chi connectivity index (χ2n) is 2.30. The van der Waals surface area contributed by atoms with E-state index in [0.717, 1.165) is 0 Å². The van der Waals surface area contributed by atoms with Crippen molar-refractivity contribution >= 4 is 29.2 Å². The molecule has 0 saturated carbocycles. The molecule has 0 aliphatic carbocycles. The van der Waals surface area contributed by atoms with E-state index < -0.39 is 0 Å². The minimum Gasteiger partial charge on any atom is -0.283 e. The number of quaternary nitrogens is 1. The van der Waals surface area contributed by atoms with Gasteiger partial charge in [0.15, 0.2) is 0 Å². The fourth-order valence-corrected chi connectivity index (χ4v) is 0. The summed E-state index contributed by atoms with van der Waals surface area (Å²) < 4.78 is 1.36. The molecule has 42 valence electrons. The summed E-state index contributed by atoms with van der Waals surface area (Å²) in [5.74, 6) is 0. The van der Waals surface area contributed by atoms with Gasteiger partial charge in [0, 0.05) is 0 Å². The summed E-state index contributed by atoms with van der Waals surface area (Å²) >= 11 is 8.75. The van der Waals surface area contributed by atoms with E-state index in [4.69, 9.17) is 12.2 Å². The van der Waals surface area contributed by atoms with Crippen LogP contribution < -0.4 is 0 Å². The minimum absolute atomic E-state index is 0.651. The highest BCUT2D eigenvalue weighted by Gasteiger charge is 2.08. The summed E-state index contributed by atoms with van der Waals surface area (Å²) in [6.45, 7) is 0. The molecule has 0 heterocycles. The summed E-state index contributed by atoms with van der Waals surface area (Å²) in [5.41, 5.74) is 0. The van der Waals surface area contributed by atoms with Crippen LogP contribution in [0, 0.1) is 0 Å². The third-order valence-corrected chi connectivity index (χ3v) is 1.72. The van der Waals surface area contributed by atoms with Crippen molar-refractivity contribution in [3.05, 3.63) is 0 Å². The van der Waals surface area contributed by atoms with Gasteiger partial charge in [0.2, 0.25) is 4.32 Å². The van der Waals surface area contributed by atoms with Crippen LogP contribution >= 0.6 is 24.8 Å². The first-order chi connectivity index (χ1) is 2.94. The van der Waals surface area contributed by atoms with Gasteiger partial charge in [0.1, 0.15) is 0 Å². The van der Waals surface area contributed by atoms with E-state index in [1.165, 1.54) is 0 Å². The van der Waals surface area contributed by atoms with Gasteiger partial charge < -0.3 is 0 Å². The summed E-state index contributed by atoms with van der Waals surface area (Å²) in [7, 11) is 5.94. The van der Waals surface area contributed by atoms with Crippen LogP contribution in [0.1, 0.15) is 0 Å². The number of hydrogen-bond donors (Lipinski definition) is 1. The highest BCUT2D eigenvalue weighted by atomic mass is 32.1. The fraction of sp³-hybridized carbons (Fsp3) is 0.750. The zero-order chi connectivity index (χ0) is 6.08. The third kappa shape index (κ3) is 3.02. The van der Waals surface area contributed by atoms with Crippen molar-refractivity contribution in [1.82, 2.24) is 0 Å². The molecular weight excluding hydrogens is 126 g/mol. The maximum absolute atomic E-state index is 4.77. The van der Waals surface area contributed by atoms with E-state index in [-0.39, 0.29) is 0 Å². The van der Waals surface area contributed by atoms with Crippen LogP contribution in [0.25, 0.3) is 0 Å². The van der Waals surface area contributed by atoms with E-state index in [1.807, 2.05) is 21.1 Å². The smallest absolute Gasteiger partial charge is 0.229 e. The number of thiol groups is 1. The Labute approximate surface area is 55.3 Å². The Balaban J connectivity index is 3.79. The molecule has 0 fully saturated rings. The van der Waals surface area contributed by atoms with Crippen molar-refractivity contribution in [2.75, 3.05) is 21.1 Å². The van der Waals surface area contributed by atoms with E-state index >= 15 is 0 Å². The molecule has 0 unspecified atom stereocenters. The van der Waals surface area contributed by atoms with E-state index in [2.05, 4.69) is 12.6 Å². The molecule has 0 aromatic rings. The quantitative estimate of drug-likeness (QED) is 0.293. The highest BCUT2D eigenvalue weighted by Crippen LogP contribution is 1.96. The van der Waals surface area contributed by atoms with Gasteiger partial charge in [0.05, 0.1) is 21.1 Å². The van der Waals surface area contributed by atoms with Crippen molar-refractivity contribution in [3.8, 4) is 0 Å². The van der Waals surface area contributed by atoms with E-state index in [1.54, 1.807) is 0 Å². The molecule has 0 aliphatic heterocycles. The van der Waals surface area contributed by atoms with Gasteiger partial charge >= 0.3 is 0 Å². The van der Waals surface area contributed by atoms with Gasteiger partial charge in [-0.2, -0.15) is 0 Å². The minimum atomic E-state index is 0.651. The molecule has 0 aromatic heterocycles. The number of nitrogens with zero attached hydrogens (tertiary/aromatic N) is 1. The lowest BCUT2D eigenvalue weighted by molar-refractivity contribution is -0.769. The molecule has 0 radical (unpaired) electrons. The predicted octanol–water partition coefficient (Wildman–Crippen LogP) is 0.907. The Hall–Kier alpha value is 0.400. The standard InChI is InChI=1S/C4H9NS2/c1-5(2,3)4(6)7/h1-3H3/p+1. The van der Waals surface area contributed by atoms with Crippen molar-refractivity contribution in [2.24, 2.45) is 0 Å². The second kappa shape index (κ2) is 2.11. The zero-order valence-corrected chi connectivity index (χ0v) is 6.51. The summed E-state index contributed by atoms with van der Waals surface area (Å²) in [6.07, 6.45) is 0. The zero-order valence-electron chi connectivity index (χ0n) is 4.80. The summed E-state index contributed by atoms with van der Waals surface area (Å²) in [4.78, 5) is 0. The summed E-state index contributed by atoms with van der Waals surface area (Å²) in [5, 5.41) is 0. The lowest BCUT2D eigenvalue weighted by atomic mass is 10.8. The van der Waals surface area contributed by atoms with Crippen LogP contribution in [0.3, 0.4) is 0 Å². The van der Waals surface area contributed by atoms with Crippen LogP contribution in [0.4, 0.5) is 0 Å². The molecule has 7 heavy (non-hydrogen) atoms. The molecule has 0 N–H and O–H groups in total. The van der Waals surface area contributed by atoms with Gasteiger partial charge in [-0.15, -0.1) is 0 Å². The molecule has 0 spiro atoms. The van der Waals surface area contributed by atoms with E-state index in [0.29, 0.717) is 8.80 Å². The first-order valence-corrected chi connectivity index (χ1v) is 2.85. The molecule has 0 atom stereocenters. The molecule has 3 heteroatoms. The lowest BCUT2D eigenvalue weighted by Crippen LogP contribution is -2.36. The Morgan fingerprint density at radius 1 is 1.43 bits per heavy atom. The van der Waals surface area contributed by atoms with Gasteiger partial charge in [-0.25, -0.2) is 0 Å².